The third kappa shape index (κ3) is 4.61. The molecular weight excluding hydrogens is 462 g/mol. The Morgan fingerprint density at radius 1 is 1.28 bits per heavy atom. The monoisotopic (exact) mass is 487 g/mol. The molecule has 1 aromatic heterocycles. The highest BCUT2D eigenvalue weighted by Crippen LogP contribution is 2.26. The number of hydrogen-bond donors (Lipinski definition) is 0. The summed E-state index contributed by atoms with van der Waals surface area (Å²) in [5.74, 6) is -0.723. The molecule has 0 N–H and O–H groups in total. The summed E-state index contributed by atoms with van der Waals surface area (Å²) in [4.78, 5) is 19.6. The van der Waals surface area contributed by atoms with E-state index in [1.807, 2.05) is 16.9 Å². The number of carbonyl (C=O) groups is 1. The predicted octanol–water partition coefficient (Wildman–Crippen LogP) is 4.14. The quantitative estimate of drug-likeness (QED) is 0.387. The molecule has 32 heavy (non-hydrogen) atoms. The first-order valence-electron chi connectivity index (χ1n) is 10.4. The second-order valence-corrected chi connectivity index (χ2v) is 11.4. The average molecular weight is 488 g/mol. The van der Waals surface area contributed by atoms with E-state index in [-0.39, 0.29) is 17.3 Å². The molecule has 9 heteroatoms. The maximum atomic E-state index is 13.1. The minimum atomic E-state index is -3.63. The standard InChI is InChI=1S/C23H25N3O3S3/c1-3-13-26-20-12-11-18(30-2)15-21(20)31-23(26)24-22(27)17-8-7-14-25(16-17)32(28,29)19-9-5-4-6-10-19/h3-6,9-12,15,17H,1,7-8,13-14,16H2,2H3. The van der Waals surface area contributed by atoms with Crippen LogP contribution in [0, 0.1) is 5.92 Å². The van der Waals surface area contributed by atoms with Crippen molar-refractivity contribution in [3.05, 3.63) is 66.0 Å². The van der Waals surface area contributed by atoms with Crippen molar-refractivity contribution in [3.8, 4) is 0 Å². The number of carbonyl (C=O) groups excluding carboxylic acids is 1. The molecule has 2 heterocycles. The van der Waals surface area contributed by atoms with Crippen molar-refractivity contribution < 1.29 is 13.2 Å². The molecule has 1 fully saturated rings. The van der Waals surface area contributed by atoms with Crippen molar-refractivity contribution >= 4 is 49.2 Å². The van der Waals surface area contributed by atoms with E-state index in [4.69, 9.17) is 0 Å². The zero-order valence-corrected chi connectivity index (χ0v) is 20.3. The summed E-state index contributed by atoms with van der Waals surface area (Å²) in [6.45, 7) is 4.95. The number of benzene rings is 2. The van der Waals surface area contributed by atoms with Crippen molar-refractivity contribution in [3.63, 3.8) is 0 Å². The molecule has 1 aliphatic rings. The Hall–Kier alpha value is -2.20. The van der Waals surface area contributed by atoms with Gasteiger partial charge in [-0.25, -0.2) is 8.42 Å². The zero-order chi connectivity index (χ0) is 22.7. The molecule has 3 aromatic rings. The number of thioether (sulfide) groups is 1. The summed E-state index contributed by atoms with van der Waals surface area (Å²) in [5, 5.41) is 0. The Morgan fingerprint density at radius 3 is 2.78 bits per heavy atom. The van der Waals surface area contributed by atoms with Crippen molar-refractivity contribution in [2.75, 3.05) is 19.3 Å². The van der Waals surface area contributed by atoms with Crippen LogP contribution in [-0.2, 0) is 21.4 Å². The van der Waals surface area contributed by atoms with Crippen LogP contribution in [0.5, 0.6) is 0 Å². The Balaban J connectivity index is 1.64. The van der Waals surface area contributed by atoms with Crippen molar-refractivity contribution in [1.29, 1.82) is 0 Å². The fourth-order valence-corrected chi connectivity index (χ4v) is 7.00. The highest BCUT2D eigenvalue weighted by molar-refractivity contribution is 7.98. The Bertz CT molecular complexity index is 1310. The third-order valence-corrected chi connectivity index (χ3v) is 9.17. The van der Waals surface area contributed by atoms with E-state index in [0.29, 0.717) is 30.7 Å². The lowest BCUT2D eigenvalue weighted by Gasteiger charge is -2.30. The van der Waals surface area contributed by atoms with Gasteiger partial charge >= 0.3 is 0 Å². The van der Waals surface area contributed by atoms with Gasteiger partial charge in [0, 0.05) is 24.5 Å². The number of piperidine rings is 1. The van der Waals surface area contributed by atoms with Crippen LogP contribution in [0.15, 0.2) is 76.0 Å². The second-order valence-electron chi connectivity index (χ2n) is 7.58. The van der Waals surface area contributed by atoms with Gasteiger partial charge < -0.3 is 4.57 Å². The number of amides is 1. The van der Waals surface area contributed by atoms with Gasteiger partial charge in [0.15, 0.2) is 4.80 Å². The molecule has 0 radical (unpaired) electrons. The first-order valence-corrected chi connectivity index (χ1v) is 13.8. The smallest absolute Gasteiger partial charge is 0.252 e. The van der Waals surface area contributed by atoms with Crippen molar-refractivity contribution in [2.45, 2.75) is 29.2 Å². The Labute approximate surface area is 196 Å². The lowest BCUT2D eigenvalue weighted by atomic mass is 9.99. The summed E-state index contributed by atoms with van der Waals surface area (Å²) in [6.07, 6.45) is 5.08. The molecule has 1 amide bonds. The molecule has 1 saturated heterocycles. The minimum absolute atomic E-state index is 0.155. The SMILES string of the molecule is C=CCn1c(=NC(=O)C2CCCN(S(=O)(=O)c3ccccc3)C2)sc2cc(SC)ccc21. The number of nitrogens with zero attached hydrogens (tertiary/aromatic N) is 3. The maximum absolute atomic E-state index is 13.1. The van der Waals surface area contributed by atoms with E-state index < -0.39 is 15.9 Å². The number of aromatic nitrogens is 1. The predicted molar refractivity (Wildman–Crippen MR) is 130 cm³/mol. The molecule has 1 atom stereocenters. The third-order valence-electron chi connectivity index (χ3n) is 5.52. The summed E-state index contributed by atoms with van der Waals surface area (Å²) < 4.78 is 30.5. The first kappa shape index (κ1) is 23.0. The number of rotatable bonds is 6. The van der Waals surface area contributed by atoms with Crippen LogP contribution in [0.2, 0.25) is 0 Å². The van der Waals surface area contributed by atoms with Crippen LogP contribution in [0.3, 0.4) is 0 Å². The normalized spacial score (nSPS) is 18.2. The number of sulfonamides is 1. The first-order chi connectivity index (χ1) is 15.4. The minimum Gasteiger partial charge on any atom is -0.313 e. The van der Waals surface area contributed by atoms with Gasteiger partial charge in [0.05, 0.1) is 21.0 Å². The highest BCUT2D eigenvalue weighted by atomic mass is 32.2. The molecule has 0 spiro atoms. The molecular formula is C23H25N3O3S3. The van der Waals surface area contributed by atoms with Gasteiger partial charge in [0.2, 0.25) is 10.0 Å². The van der Waals surface area contributed by atoms with E-state index >= 15 is 0 Å². The molecule has 4 rings (SSSR count). The van der Waals surface area contributed by atoms with Crippen LogP contribution >= 0.6 is 23.1 Å². The maximum Gasteiger partial charge on any atom is 0.252 e. The van der Waals surface area contributed by atoms with Gasteiger partial charge in [-0.1, -0.05) is 35.6 Å². The zero-order valence-electron chi connectivity index (χ0n) is 17.8. The van der Waals surface area contributed by atoms with Crippen LogP contribution in [0.4, 0.5) is 0 Å². The fraction of sp³-hybridized carbons (Fsp3) is 0.304. The lowest BCUT2D eigenvalue weighted by Crippen LogP contribution is -2.42. The highest BCUT2D eigenvalue weighted by Gasteiger charge is 2.33. The molecule has 6 nitrogen and oxygen atoms in total. The Morgan fingerprint density at radius 2 is 2.06 bits per heavy atom. The molecule has 0 bridgehead atoms. The van der Waals surface area contributed by atoms with Crippen LogP contribution < -0.4 is 4.80 Å². The number of allylic oxidation sites excluding steroid dienone is 1. The number of hydrogen-bond acceptors (Lipinski definition) is 5. The van der Waals surface area contributed by atoms with Gasteiger partial charge in [-0.15, -0.1) is 18.3 Å². The fourth-order valence-electron chi connectivity index (χ4n) is 3.86. The largest absolute Gasteiger partial charge is 0.313 e. The Kier molecular flexibility index (Phi) is 6.99. The van der Waals surface area contributed by atoms with Gasteiger partial charge in [-0.05, 0) is 49.4 Å². The van der Waals surface area contributed by atoms with E-state index in [0.717, 1.165) is 15.1 Å². The van der Waals surface area contributed by atoms with Gasteiger partial charge in [0.1, 0.15) is 0 Å². The van der Waals surface area contributed by atoms with Crippen LogP contribution in [0.1, 0.15) is 12.8 Å². The molecule has 2 aromatic carbocycles. The van der Waals surface area contributed by atoms with Crippen LogP contribution in [0.25, 0.3) is 10.2 Å². The number of fused-ring (bicyclic) bond motifs is 1. The van der Waals surface area contributed by atoms with Gasteiger partial charge in [-0.2, -0.15) is 9.30 Å². The van der Waals surface area contributed by atoms with Gasteiger partial charge in [-0.3, -0.25) is 4.79 Å². The van der Waals surface area contributed by atoms with Crippen molar-refractivity contribution in [2.24, 2.45) is 10.9 Å². The summed E-state index contributed by atoms with van der Waals surface area (Å²) >= 11 is 3.14. The average Bonchev–Trinajstić information content (AvgIpc) is 3.16. The topological polar surface area (TPSA) is 71.7 Å². The summed E-state index contributed by atoms with van der Waals surface area (Å²) in [7, 11) is -3.63. The molecule has 1 unspecified atom stereocenters. The summed E-state index contributed by atoms with van der Waals surface area (Å²) in [6, 6.07) is 14.6. The molecule has 0 aliphatic carbocycles. The van der Waals surface area contributed by atoms with Crippen molar-refractivity contribution in [1.82, 2.24) is 8.87 Å². The number of thiazole rings is 1. The second kappa shape index (κ2) is 9.74. The lowest BCUT2D eigenvalue weighted by molar-refractivity contribution is -0.122. The molecule has 168 valence electrons. The van der Waals surface area contributed by atoms with E-state index in [9.17, 15) is 13.2 Å². The molecule has 0 saturated carbocycles. The van der Waals surface area contributed by atoms with E-state index in [1.54, 1.807) is 48.2 Å². The van der Waals surface area contributed by atoms with Gasteiger partial charge in [0.25, 0.3) is 5.91 Å². The molecule has 1 aliphatic heterocycles. The van der Waals surface area contributed by atoms with E-state index in [1.165, 1.54) is 15.6 Å². The van der Waals surface area contributed by atoms with E-state index in [2.05, 4.69) is 23.7 Å². The van der Waals surface area contributed by atoms with Crippen LogP contribution in [-0.4, -0.2) is 42.5 Å². The summed E-state index contributed by atoms with van der Waals surface area (Å²) in [5.41, 5.74) is 1.01.